The fourth-order valence-electron chi connectivity index (χ4n) is 1.31. The molecule has 0 spiro atoms. The van der Waals surface area contributed by atoms with Gasteiger partial charge in [0.05, 0.1) is 10.0 Å². The number of hydrogen-bond acceptors (Lipinski definition) is 2. The number of carbonyl (C=O) groups is 1. The highest BCUT2D eigenvalue weighted by Gasteiger charge is 2.15. The number of aromatic carboxylic acids is 1. The van der Waals surface area contributed by atoms with Gasteiger partial charge in [0.15, 0.2) is 0 Å². The topological polar surface area (TPSA) is 50.4 Å². The third-order valence-electron chi connectivity index (χ3n) is 2.12. The lowest BCUT2D eigenvalue weighted by Crippen LogP contribution is -1.91. The van der Waals surface area contributed by atoms with Crippen molar-refractivity contribution in [2.45, 2.75) is 0 Å². The predicted molar refractivity (Wildman–Crippen MR) is 68.8 cm³/mol. The van der Waals surface area contributed by atoms with E-state index in [2.05, 4.69) is 15.9 Å². The lowest BCUT2D eigenvalue weighted by molar-refractivity contribution is 0.0663. The molecule has 1 heterocycles. The zero-order valence-corrected chi connectivity index (χ0v) is 11.3. The molecule has 0 fully saturated rings. The van der Waals surface area contributed by atoms with Gasteiger partial charge in [-0.25, -0.2) is 4.79 Å². The van der Waals surface area contributed by atoms with Crippen LogP contribution in [0.25, 0.3) is 11.3 Å². The first-order chi connectivity index (χ1) is 8.00. The van der Waals surface area contributed by atoms with Crippen molar-refractivity contribution in [3.8, 4) is 11.3 Å². The highest BCUT2D eigenvalue weighted by atomic mass is 79.9. The predicted octanol–water partition coefficient (Wildman–Crippen LogP) is 4.71. The quantitative estimate of drug-likeness (QED) is 0.808. The van der Waals surface area contributed by atoms with Gasteiger partial charge in [0.1, 0.15) is 5.76 Å². The first kappa shape index (κ1) is 12.5. The van der Waals surface area contributed by atoms with E-state index < -0.39 is 5.97 Å². The van der Waals surface area contributed by atoms with Crippen LogP contribution >= 0.6 is 39.1 Å². The number of rotatable bonds is 2. The Morgan fingerprint density at radius 1 is 1.18 bits per heavy atom. The summed E-state index contributed by atoms with van der Waals surface area (Å²) >= 11 is 15.3. The Morgan fingerprint density at radius 2 is 1.88 bits per heavy atom. The first-order valence-corrected chi connectivity index (χ1v) is 6.02. The molecule has 1 N–H and O–H groups in total. The van der Waals surface area contributed by atoms with E-state index in [1.807, 2.05) is 0 Å². The summed E-state index contributed by atoms with van der Waals surface area (Å²) in [5.41, 5.74) is 0.548. The Labute approximate surface area is 115 Å². The van der Waals surface area contributed by atoms with Gasteiger partial charge in [-0.15, -0.1) is 0 Å². The standard InChI is InChI=1S/C11H5BrCl2O3/c12-6-2-1-5(9(13)10(6)14)7-3-4-8(17-7)11(15)16/h1-4H,(H,15,16). The van der Waals surface area contributed by atoms with Gasteiger partial charge in [-0.2, -0.15) is 0 Å². The maximum atomic E-state index is 10.7. The summed E-state index contributed by atoms with van der Waals surface area (Å²) in [7, 11) is 0. The molecule has 3 nitrogen and oxygen atoms in total. The van der Waals surface area contributed by atoms with Crippen LogP contribution in [0.1, 0.15) is 10.6 Å². The van der Waals surface area contributed by atoms with Gasteiger partial charge in [0.25, 0.3) is 0 Å². The molecular formula is C11H5BrCl2O3. The van der Waals surface area contributed by atoms with Crippen LogP contribution in [0.3, 0.4) is 0 Å². The lowest BCUT2D eigenvalue weighted by atomic mass is 10.2. The molecule has 0 amide bonds. The molecule has 0 unspecified atom stereocenters. The molecule has 17 heavy (non-hydrogen) atoms. The van der Waals surface area contributed by atoms with Crippen molar-refractivity contribution >= 4 is 45.1 Å². The van der Waals surface area contributed by atoms with Gasteiger partial charge in [0, 0.05) is 10.0 Å². The fraction of sp³-hybridized carbons (Fsp3) is 0. The van der Waals surface area contributed by atoms with Gasteiger partial charge < -0.3 is 9.52 Å². The summed E-state index contributed by atoms with van der Waals surface area (Å²) in [6.07, 6.45) is 0. The minimum Gasteiger partial charge on any atom is -0.475 e. The molecule has 0 saturated heterocycles. The van der Waals surface area contributed by atoms with Crippen molar-refractivity contribution in [1.29, 1.82) is 0 Å². The molecule has 0 aliphatic carbocycles. The van der Waals surface area contributed by atoms with Crippen molar-refractivity contribution < 1.29 is 14.3 Å². The van der Waals surface area contributed by atoms with Crippen molar-refractivity contribution in [1.82, 2.24) is 0 Å². The SMILES string of the molecule is O=C(O)c1ccc(-c2ccc(Br)c(Cl)c2Cl)o1. The van der Waals surface area contributed by atoms with Crippen LogP contribution in [0.5, 0.6) is 0 Å². The zero-order chi connectivity index (χ0) is 12.6. The molecule has 0 aliphatic rings. The van der Waals surface area contributed by atoms with Crippen LogP contribution in [0, 0.1) is 0 Å². The number of furan rings is 1. The second-order valence-electron chi connectivity index (χ2n) is 3.19. The van der Waals surface area contributed by atoms with Crippen molar-refractivity contribution in [3.05, 3.63) is 44.5 Å². The smallest absolute Gasteiger partial charge is 0.371 e. The molecule has 1 aromatic heterocycles. The molecule has 0 radical (unpaired) electrons. The van der Waals surface area contributed by atoms with Crippen LogP contribution in [0.4, 0.5) is 0 Å². The number of carboxylic acids is 1. The van der Waals surface area contributed by atoms with Gasteiger partial charge in [-0.3, -0.25) is 0 Å². The molecule has 1 aromatic carbocycles. The maximum absolute atomic E-state index is 10.7. The number of hydrogen-bond donors (Lipinski definition) is 1. The minimum absolute atomic E-state index is 0.143. The molecule has 2 aromatic rings. The van der Waals surface area contributed by atoms with E-state index in [1.165, 1.54) is 12.1 Å². The van der Waals surface area contributed by atoms with E-state index in [-0.39, 0.29) is 5.76 Å². The van der Waals surface area contributed by atoms with Crippen LogP contribution in [0.15, 0.2) is 33.2 Å². The van der Waals surface area contributed by atoms with Crippen molar-refractivity contribution in [2.75, 3.05) is 0 Å². The second kappa shape index (κ2) is 4.72. The highest BCUT2D eigenvalue weighted by Crippen LogP contribution is 2.38. The maximum Gasteiger partial charge on any atom is 0.371 e. The average Bonchev–Trinajstić information content (AvgIpc) is 2.75. The fourth-order valence-corrected chi connectivity index (χ4v) is 2.18. The molecule has 6 heteroatoms. The van der Waals surface area contributed by atoms with Gasteiger partial charge in [-0.05, 0) is 40.2 Å². The van der Waals surface area contributed by atoms with Crippen molar-refractivity contribution in [3.63, 3.8) is 0 Å². The number of benzene rings is 1. The molecule has 88 valence electrons. The first-order valence-electron chi connectivity index (χ1n) is 4.47. The van der Waals surface area contributed by atoms with Crippen LogP contribution in [-0.4, -0.2) is 11.1 Å². The summed E-state index contributed by atoms with van der Waals surface area (Å²) in [5.74, 6) is -0.910. The largest absolute Gasteiger partial charge is 0.475 e. The number of carboxylic acid groups (broad SMARTS) is 1. The Hall–Kier alpha value is -0.970. The Kier molecular flexibility index (Phi) is 3.47. The van der Waals surface area contributed by atoms with Crippen molar-refractivity contribution in [2.24, 2.45) is 0 Å². The van der Waals surface area contributed by atoms with Crippen LogP contribution < -0.4 is 0 Å². The van der Waals surface area contributed by atoms with Gasteiger partial charge in [-0.1, -0.05) is 23.2 Å². The monoisotopic (exact) mass is 334 g/mol. The minimum atomic E-state index is -1.13. The summed E-state index contributed by atoms with van der Waals surface area (Å²) < 4.78 is 5.81. The Balaban J connectivity index is 2.53. The van der Waals surface area contributed by atoms with E-state index in [1.54, 1.807) is 12.1 Å². The third kappa shape index (κ3) is 2.34. The van der Waals surface area contributed by atoms with E-state index in [0.717, 1.165) is 0 Å². The van der Waals surface area contributed by atoms with Crippen LogP contribution in [-0.2, 0) is 0 Å². The zero-order valence-electron chi connectivity index (χ0n) is 8.21. The van der Waals surface area contributed by atoms with E-state index in [9.17, 15) is 4.79 Å². The lowest BCUT2D eigenvalue weighted by Gasteiger charge is -2.04. The average molecular weight is 336 g/mol. The van der Waals surface area contributed by atoms with E-state index in [4.69, 9.17) is 32.7 Å². The second-order valence-corrected chi connectivity index (χ2v) is 4.80. The molecule has 0 bridgehead atoms. The molecule has 0 aliphatic heterocycles. The normalized spacial score (nSPS) is 10.5. The van der Waals surface area contributed by atoms with E-state index >= 15 is 0 Å². The highest BCUT2D eigenvalue weighted by molar-refractivity contribution is 9.10. The molecule has 0 atom stereocenters. The summed E-state index contributed by atoms with van der Waals surface area (Å²) in [6, 6.07) is 6.31. The van der Waals surface area contributed by atoms with E-state index in [0.29, 0.717) is 25.8 Å². The van der Waals surface area contributed by atoms with Gasteiger partial charge in [0.2, 0.25) is 5.76 Å². The Morgan fingerprint density at radius 3 is 2.47 bits per heavy atom. The van der Waals surface area contributed by atoms with Gasteiger partial charge >= 0.3 is 5.97 Å². The summed E-state index contributed by atoms with van der Waals surface area (Å²) in [4.78, 5) is 10.7. The van der Waals surface area contributed by atoms with Crippen LogP contribution in [0.2, 0.25) is 10.0 Å². The number of halogens is 3. The summed E-state index contributed by atoms with van der Waals surface area (Å²) in [6.45, 7) is 0. The molecule has 2 rings (SSSR count). The third-order valence-corrected chi connectivity index (χ3v) is 3.89. The Bertz CT molecular complexity index is 592. The molecular weight excluding hydrogens is 331 g/mol. The molecule has 0 saturated carbocycles. The summed E-state index contributed by atoms with van der Waals surface area (Å²) in [5, 5.41) is 9.42.